The molecule has 0 saturated heterocycles. The van der Waals surface area contributed by atoms with Gasteiger partial charge >= 0.3 is 0 Å². The summed E-state index contributed by atoms with van der Waals surface area (Å²) in [5.74, 6) is 1.06. The van der Waals surface area contributed by atoms with Crippen LogP contribution in [-0.4, -0.2) is 6.10 Å². The summed E-state index contributed by atoms with van der Waals surface area (Å²) in [4.78, 5) is 0. The summed E-state index contributed by atoms with van der Waals surface area (Å²) in [6.45, 7) is 2.18. The molecule has 0 radical (unpaired) electrons. The second-order valence-corrected chi connectivity index (χ2v) is 6.69. The van der Waals surface area contributed by atoms with Crippen molar-refractivity contribution >= 4 is 0 Å². The minimum Gasteiger partial charge on any atom is -0.490 e. The van der Waals surface area contributed by atoms with Crippen molar-refractivity contribution in [1.29, 1.82) is 0 Å². The molecule has 2 fully saturated rings. The predicted octanol–water partition coefficient (Wildman–Crippen LogP) is 4.43. The van der Waals surface area contributed by atoms with Gasteiger partial charge in [0.1, 0.15) is 5.75 Å². The van der Waals surface area contributed by atoms with Crippen LogP contribution in [0.1, 0.15) is 68.9 Å². The van der Waals surface area contributed by atoms with Gasteiger partial charge in [-0.3, -0.25) is 0 Å². The molecule has 0 amide bonds. The maximum atomic E-state index is 6.78. The molecule has 2 N–H and O–H groups in total. The minimum atomic E-state index is -0.169. The van der Waals surface area contributed by atoms with Crippen molar-refractivity contribution in [2.75, 3.05) is 0 Å². The zero-order valence-electron chi connectivity index (χ0n) is 12.7. The van der Waals surface area contributed by atoms with Gasteiger partial charge in [-0.2, -0.15) is 0 Å². The first kappa shape index (κ1) is 13.9. The van der Waals surface area contributed by atoms with Crippen molar-refractivity contribution in [3.05, 3.63) is 29.3 Å². The molecule has 2 nitrogen and oxygen atoms in total. The van der Waals surface area contributed by atoms with Crippen LogP contribution in [0.5, 0.6) is 5.75 Å². The molecule has 1 aromatic carbocycles. The smallest absolute Gasteiger partial charge is 0.125 e. The van der Waals surface area contributed by atoms with E-state index in [0.717, 1.165) is 18.6 Å². The van der Waals surface area contributed by atoms with Crippen LogP contribution in [0, 0.1) is 6.92 Å². The Labute approximate surface area is 122 Å². The van der Waals surface area contributed by atoms with E-state index in [0.29, 0.717) is 6.10 Å². The largest absolute Gasteiger partial charge is 0.490 e. The zero-order valence-corrected chi connectivity index (χ0v) is 12.7. The highest BCUT2D eigenvalue weighted by atomic mass is 16.5. The first-order valence-electron chi connectivity index (χ1n) is 8.25. The normalized spacial score (nSPS) is 22.9. The second kappa shape index (κ2) is 5.77. The fraction of sp³-hybridized carbons (Fsp3) is 0.667. The van der Waals surface area contributed by atoms with E-state index < -0.39 is 0 Å². The van der Waals surface area contributed by atoms with E-state index in [1.54, 1.807) is 0 Å². The molecular formula is C18H27NO. The van der Waals surface area contributed by atoms with Crippen LogP contribution in [0.3, 0.4) is 0 Å². The van der Waals surface area contributed by atoms with Gasteiger partial charge in [0.05, 0.1) is 6.10 Å². The number of rotatable bonds is 3. The molecule has 0 aromatic heterocycles. The molecule has 2 heteroatoms. The Morgan fingerprint density at radius 2 is 1.75 bits per heavy atom. The average molecular weight is 273 g/mol. The lowest BCUT2D eigenvalue weighted by Crippen LogP contribution is -2.40. The quantitative estimate of drug-likeness (QED) is 0.884. The van der Waals surface area contributed by atoms with Gasteiger partial charge in [-0.15, -0.1) is 0 Å². The summed E-state index contributed by atoms with van der Waals surface area (Å²) in [6.07, 6.45) is 11.4. The van der Waals surface area contributed by atoms with Crippen LogP contribution < -0.4 is 10.5 Å². The predicted molar refractivity (Wildman–Crippen MR) is 83.0 cm³/mol. The number of hydrogen-bond acceptors (Lipinski definition) is 2. The minimum absolute atomic E-state index is 0.169. The highest BCUT2D eigenvalue weighted by Gasteiger charge is 2.34. The van der Waals surface area contributed by atoms with Gasteiger partial charge in [-0.1, -0.05) is 31.4 Å². The van der Waals surface area contributed by atoms with Crippen molar-refractivity contribution in [3.63, 3.8) is 0 Å². The molecule has 1 aromatic rings. The maximum Gasteiger partial charge on any atom is 0.125 e. The molecule has 20 heavy (non-hydrogen) atoms. The van der Waals surface area contributed by atoms with Gasteiger partial charge in [-0.05, 0) is 57.1 Å². The molecule has 0 unspecified atom stereocenters. The molecular weight excluding hydrogens is 246 g/mol. The zero-order chi connectivity index (χ0) is 14.0. The lowest BCUT2D eigenvalue weighted by molar-refractivity contribution is 0.198. The van der Waals surface area contributed by atoms with E-state index in [1.165, 1.54) is 56.1 Å². The average Bonchev–Trinajstić information content (AvgIpc) is 2.92. The molecule has 0 heterocycles. The monoisotopic (exact) mass is 273 g/mol. The number of nitrogens with two attached hydrogens (primary N) is 1. The van der Waals surface area contributed by atoms with Crippen molar-refractivity contribution in [2.24, 2.45) is 5.73 Å². The summed E-state index contributed by atoms with van der Waals surface area (Å²) in [5, 5.41) is 0. The molecule has 2 aliphatic rings. The molecule has 2 saturated carbocycles. The number of hydrogen-bond donors (Lipinski definition) is 1. The van der Waals surface area contributed by atoms with Gasteiger partial charge in [0.15, 0.2) is 0 Å². The Kier molecular flexibility index (Phi) is 4.02. The van der Waals surface area contributed by atoms with Crippen molar-refractivity contribution in [2.45, 2.75) is 76.4 Å². The van der Waals surface area contributed by atoms with Crippen molar-refractivity contribution in [3.8, 4) is 5.75 Å². The van der Waals surface area contributed by atoms with Gasteiger partial charge < -0.3 is 10.5 Å². The van der Waals surface area contributed by atoms with Gasteiger partial charge in [0, 0.05) is 11.1 Å². The molecule has 3 rings (SSSR count). The third-order valence-corrected chi connectivity index (χ3v) is 5.07. The lowest BCUT2D eigenvalue weighted by atomic mass is 9.75. The Bertz CT molecular complexity index is 456. The fourth-order valence-corrected chi connectivity index (χ4v) is 4.00. The van der Waals surface area contributed by atoms with E-state index in [-0.39, 0.29) is 5.54 Å². The van der Waals surface area contributed by atoms with Gasteiger partial charge in [-0.25, -0.2) is 0 Å². The molecule has 0 atom stereocenters. The topological polar surface area (TPSA) is 35.2 Å². The number of aryl methyl sites for hydroxylation is 1. The van der Waals surface area contributed by atoms with Gasteiger partial charge in [0.25, 0.3) is 0 Å². The maximum absolute atomic E-state index is 6.78. The molecule has 110 valence electrons. The van der Waals surface area contributed by atoms with Crippen LogP contribution in [0.25, 0.3) is 0 Å². The Morgan fingerprint density at radius 1 is 1.05 bits per heavy atom. The van der Waals surface area contributed by atoms with Crippen LogP contribution in [-0.2, 0) is 5.54 Å². The SMILES string of the molecule is Cc1cccc(OC2CCCC2)c1C1(N)CCCCC1. The number of ether oxygens (including phenoxy) is 1. The second-order valence-electron chi connectivity index (χ2n) is 6.69. The summed E-state index contributed by atoms with van der Waals surface area (Å²) >= 11 is 0. The van der Waals surface area contributed by atoms with E-state index in [4.69, 9.17) is 10.5 Å². The third-order valence-electron chi connectivity index (χ3n) is 5.07. The Balaban J connectivity index is 1.91. The van der Waals surface area contributed by atoms with Crippen LogP contribution in [0.2, 0.25) is 0 Å². The summed E-state index contributed by atoms with van der Waals surface area (Å²) in [6, 6.07) is 6.42. The first-order valence-corrected chi connectivity index (χ1v) is 8.25. The standard InChI is InChI=1S/C18H27NO/c1-14-8-7-11-16(20-15-9-3-4-10-15)17(14)18(19)12-5-2-6-13-18/h7-8,11,15H,2-6,9-10,12-13,19H2,1H3. The van der Waals surface area contributed by atoms with Crippen molar-refractivity contribution in [1.82, 2.24) is 0 Å². The van der Waals surface area contributed by atoms with Crippen LogP contribution >= 0.6 is 0 Å². The fourth-order valence-electron chi connectivity index (χ4n) is 4.00. The van der Waals surface area contributed by atoms with E-state index in [2.05, 4.69) is 25.1 Å². The van der Waals surface area contributed by atoms with E-state index in [9.17, 15) is 0 Å². The van der Waals surface area contributed by atoms with Crippen molar-refractivity contribution < 1.29 is 4.74 Å². The van der Waals surface area contributed by atoms with Crippen LogP contribution in [0.4, 0.5) is 0 Å². The highest BCUT2D eigenvalue weighted by Crippen LogP contribution is 2.41. The number of benzene rings is 1. The Morgan fingerprint density at radius 3 is 2.45 bits per heavy atom. The van der Waals surface area contributed by atoms with E-state index >= 15 is 0 Å². The van der Waals surface area contributed by atoms with Crippen LogP contribution in [0.15, 0.2) is 18.2 Å². The summed E-state index contributed by atoms with van der Waals surface area (Å²) < 4.78 is 6.33. The molecule has 2 aliphatic carbocycles. The molecule has 0 spiro atoms. The lowest BCUT2D eigenvalue weighted by Gasteiger charge is -2.36. The summed E-state index contributed by atoms with van der Waals surface area (Å²) in [5.41, 5.74) is 9.19. The highest BCUT2D eigenvalue weighted by molar-refractivity contribution is 5.45. The molecule has 0 aliphatic heterocycles. The van der Waals surface area contributed by atoms with E-state index in [1.807, 2.05) is 0 Å². The summed E-state index contributed by atoms with van der Waals surface area (Å²) in [7, 11) is 0. The van der Waals surface area contributed by atoms with Gasteiger partial charge in [0.2, 0.25) is 0 Å². The third kappa shape index (κ3) is 2.71. The Hall–Kier alpha value is -1.02. The first-order chi connectivity index (χ1) is 9.69. The molecule has 0 bridgehead atoms.